The average molecular weight is 305 g/mol. The van der Waals surface area contributed by atoms with Crippen LogP contribution >= 0.6 is 0 Å². The van der Waals surface area contributed by atoms with E-state index in [0.29, 0.717) is 5.56 Å². The molecule has 1 amide bonds. The molecular weight excluding hydrogens is 282 g/mol. The van der Waals surface area contributed by atoms with Crippen LogP contribution in [0.1, 0.15) is 37.7 Å². The Morgan fingerprint density at radius 2 is 2.00 bits per heavy atom. The summed E-state index contributed by atoms with van der Waals surface area (Å²) in [6.45, 7) is 0.235. The van der Waals surface area contributed by atoms with Crippen LogP contribution in [0.2, 0.25) is 0 Å². The molecule has 0 unspecified atom stereocenters. The molecule has 1 fully saturated rings. The molecular formula is C16H23N3O3. The third kappa shape index (κ3) is 3.82. The minimum Gasteiger partial charge on any atom is -0.341 e. The van der Waals surface area contributed by atoms with Gasteiger partial charge in [0.05, 0.1) is 17.4 Å². The Hall–Kier alpha value is -1.95. The van der Waals surface area contributed by atoms with E-state index in [9.17, 15) is 14.9 Å². The predicted molar refractivity (Wildman–Crippen MR) is 84.1 cm³/mol. The van der Waals surface area contributed by atoms with Crippen molar-refractivity contribution in [3.63, 3.8) is 0 Å². The van der Waals surface area contributed by atoms with Crippen molar-refractivity contribution >= 4 is 11.6 Å². The molecule has 0 aromatic heterocycles. The SMILES string of the molecule is CN(Cc1ccccc1[N+](=O)[O-])C(=O)[C@H]1CCCCC[C@H]1N. The summed E-state index contributed by atoms with van der Waals surface area (Å²) in [4.78, 5) is 24.8. The fourth-order valence-corrected chi connectivity index (χ4v) is 3.08. The molecule has 1 aromatic rings. The van der Waals surface area contributed by atoms with Crippen LogP contribution in [0.3, 0.4) is 0 Å². The Morgan fingerprint density at radius 1 is 1.32 bits per heavy atom. The molecule has 0 aliphatic heterocycles. The van der Waals surface area contributed by atoms with Crippen LogP contribution in [-0.2, 0) is 11.3 Å². The highest BCUT2D eigenvalue weighted by molar-refractivity contribution is 5.79. The van der Waals surface area contributed by atoms with Crippen molar-refractivity contribution in [2.24, 2.45) is 11.7 Å². The van der Waals surface area contributed by atoms with Gasteiger partial charge in [0, 0.05) is 24.7 Å². The summed E-state index contributed by atoms with van der Waals surface area (Å²) in [5.41, 5.74) is 6.73. The maximum atomic E-state index is 12.6. The zero-order valence-corrected chi connectivity index (χ0v) is 12.9. The number of hydrogen-bond donors (Lipinski definition) is 1. The second-order valence-electron chi connectivity index (χ2n) is 5.99. The first-order chi connectivity index (χ1) is 10.5. The summed E-state index contributed by atoms with van der Waals surface area (Å²) in [5, 5.41) is 11.1. The van der Waals surface area contributed by atoms with Crippen LogP contribution in [0, 0.1) is 16.0 Å². The van der Waals surface area contributed by atoms with E-state index >= 15 is 0 Å². The van der Waals surface area contributed by atoms with E-state index in [4.69, 9.17) is 5.73 Å². The Labute approximate surface area is 130 Å². The smallest absolute Gasteiger partial charge is 0.274 e. The molecule has 120 valence electrons. The molecule has 0 heterocycles. The van der Waals surface area contributed by atoms with Crippen LogP contribution in [-0.4, -0.2) is 28.8 Å². The van der Waals surface area contributed by atoms with Crippen molar-refractivity contribution in [3.05, 3.63) is 39.9 Å². The van der Waals surface area contributed by atoms with Gasteiger partial charge in [-0.05, 0) is 12.8 Å². The van der Waals surface area contributed by atoms with Crippen LogP contribution in [0.5, 0.6) is 0 Å². The number of para-hydroxylation sites is 1. The molecule has 22 heavy (non-hydrogen) atoms. The number of nitro benzene ring substituents is 1. The van der Waals surface area contributed by atoms with Crippen molar-refractivity contribution in [1.29, 1.82) is 0 Å². The minimum absolute atomic E-state index is 0.00690. The fraction of sp³-hybridized carbons (Fsp3) is 0.562. The topological polar surface area (TPSA) is 89.5 Å². The average Bonchev–Trinajstić information content (AvgIpc) is 2.71. The summed E-state index contributed by atoms with van der Waals surface area (Å²) in [5.74, 6) is -0.178. The number of benzene rings is 1. The van der Waals surface area contributed by atoms with Gasteiger partial charge in [-0.3, -0.25) is 14.9 Å². The highest BCUT2D eigenvalue weighted by Gasteiger charge is 2.29. The predicted octanol–water partition coefficient (Wildman–Crippen LogP) is 2.46. The first-order valence-electron chi connectivity index (χ1n) is 7.73. The number of amides is 1. The van der Waals surface area contributed by atoms with Gasteiger partial charge in [0.1, 0.15) is 0 Å². The van der Waals surface area contributed by atoms with Gasteiger partial charge in [-0.2, -0.15) is 0 Å². The highest BCUT2D eigenvalue weighted by atomic mass is 16.6. The van der Waals surface area contributed by atoms with Crippen molar-refractivity contribution < 1.29 is 9.72 Å². The first-order valence-corrected chi connectivity index (χ1v) is 7.73. The zero-order chi connectivity index (χ0) is 16.1. The van der Waals surface area contributed by atoms with Gasteiger partial charge in [0.2, 0.25) is 5.91 Å². The molecule has 0 spiro atoms. The van der Waals surface area contributed by atoms with E-state index in [1.807, 2.05) is 0 Å². The monoisotopic (exact) mass is 305 g/mol. The first kappa shape index (κ1) is 16.4. The summed E-state index contributed by atoms with van der Waals surface area (Å²) in [7, 11) is 1.69. The molecule has 0 saturated heterocycles. The van der Waals surface area contributed by atoms with Gasteiger partial charge in [-0.25, -0.2) is 0 Å². The molecule has 1 aliphatic rings. The molecule has 2 rings (SSSR count). The maximum Gasteiger partial charge on any atom is 0.274 e. The number of nitro groups is 1. The number of nitrogens with two attached hydrogens (primary N) is 1. The number of hydrogen-bond acceptors (Lipinski definition) is 4. The lowest BCUT2D eigenvalue weighted by Crippen LogP contribution is -2.42. The fourth-order valence-electron chi connectivity index (χ4n) is 3.08. The standard InChI is InChI=1S/C16H23N3O3/c1-18(11-12-7-5-6-10-15(12)19(21)22)16(20)13-8-3-2-4-9-14(13)17/h5-7,10,13-14H,2-4,8-9,11,17H2,1H3/t13-,14+/m0/s1. The lowest BCUT2D eigenvalue weighted by atomic mass is 9.94. The van der Waals surface area contributed by atoms with Crippen molar-refractivity contribution in [3.8, 4) is 0 Å². The Bertz CT molecular complexity index is 547. The Kier molecular flexibility index (Phi) is 5.49. The summed E-state index contributed by atoms with van der Waals surface area (Å²) in [6, 6.07) is 6.42. The van der Waals surface area contributed by atoms with Crippen LogP contribution < -0.4 is 5.73 Å². The normalized spacial score (nSPS) is 21.9. The largest absolute Gasteiger partial charge is 0.341 e. The van der Waals surface area contributed by atoms with Gasteiger partial charge in [0.25, 0.3) is 5.69 Å². The molecule has 1 saturated carbocycles. The molecule has 6 heteroatoms. The van der Waals surface area contributed by atoms with Crippen molar-refractivity contribution in [1.82, 2.24) is 4.90 Å². The molecule has 1 aliphatic carbocycles. The van der Waals surface area contributed by atoms with Gasteiger partial charge < -0.3 is 10.6 Å². The molecule has 2 atom stereocenters. The number of carbonyl (C=O) groups is 1. The van der Waals surface area contributed by atoms with Crippen molar-refractivity contribution in [2.45, 2.75) is 44.7 Å². The van der Waals surface area contributed by atoms with E-state index in [-0.39, 0.29) is 30.1 Å². The third-order valence-electron chi connectivity index (χ3n) is 4.36. The van der Waals surface area contributed by atoms with Crippen LogP contribution in [0.4, 0.5) is 5.69 Å². The lowest BCUT2D eigenvalue weighted by molar-refractivity contribution is -0.385. The molecule has 2 N–H and O–H groups in total. The second kappa shape index (κ2) is 7.35. The van der Waals surface area contributed by atoms with Crippen LogP contribution in [0.15, 0.2) is 24.3 Å². The van der Waals surface area contributed by atoms with Gasteiger partial charge in [-0.15, -0.1) is 0 Å². The van der Waals surface area contributed by atoms with Gasteiger partial charge in [-0.1, -0.05) is 37.5 Å². The van der Waals surface area contributed by atoms with Gasteiger partial charge in [0.15, 0.2) is 0 Å². The Morgan fingerprint density at radius 3 is 2.73 bits per heavy atom. The maximum absolute atomic E-state index is 12.6. The van der Waals surface area contributed by atoms with Crippen molar-refractivity contribution in [2.75, 3.05) is 7.05 Å². The Balaban J connectivity index is 2.09. The quantitative estimate of drug-likeness (QED) is 0.525. The lowest BCUT2D eigenvalue weighted by Gasteiger charge is -2.26. The summed E-state index contributed by atoms with van der Waals surface area (Å²) < 4.78 is 0. The van der Waals surface area contributed by atoms with E-state index in [2.05, 4.69) is 0 Å². The number of carbonyl (C=O) groups excluding carboxylic acids is 1. The van der Waals surface area contributed by atoms with Crippen LogP contribution in [0.25, 0.3) is 0 Å². The summed E-state index contributed by atoms with van der Waals surface area (Å²) >= 11 is 0. The summed E-state index contributed by atoms with van der Waals surface area (Å²) in [6.07, 6.45) is 4.88. The highest BCUT2D eigenvalue weighted by Crippen LogP contribution is 2.25. The minimum atomic E-state index is -0.412. The molecule has 0 bridgehead atoms. The number of rotatable bonds is 4. The zero-order valence-electron chi connectivity index (χ0n) is 12.9. The van der Waals surface area contributed by atoms with E-state index < -0.39 is 4.92 Å². The second-order valence-corrected chi connectivity index (χ2v) is 5.99. The van der Waals surface area contributed by atoms with E-state index in [1.54, 1.807) is 30.1 Å². The molecule has 0 radical (unpaired) electrons. The number of nitrogens with zero attached hydrogens (tertiary/aromatic N) is 2. The molecule has 6 nitrogen and oxygen atoms in total. The molecule has 1 aromatic carbocycles. The third-order valence-corrected chi connectivity index (χ3v) is 4.36. The van der Waals surface area contributed by atoms with Gasteiger partial charge >= 0.3 is 0 Å². The van der Waals surface area contributed by atoms with E-state index in [0.717, 1.165) is 32.1 Å². The van der Waals surface area contributed by atoms with E-state index in [1.165, 1.54) is 6.07 Å².